The lowest BCUT2D eigenvalue weighted by Gasteiger charge is -2.03. The Balaban J connectivity index is 2.11. The Bertz CT molecular complexity index is 961. The minimum absolute atomic E-state index is 0.720. The average molecular weight is 258 g/mol. The van der Waals surface area contributed by atoms with Crippen LogP contribution >= 0.6 is 0 Å². The van der Waals surface area contributed by atoms with Crippen molar-refractivity contribution in [2.45, 2.75) is 18.8 Å². The summed E-state index contributed by atoms with van der Waals surface area (Å²) in [6.45, 7) is 0. The SMILES string of the molecule is c1ccc2c(c1)cnn1c3ccccc3c(C3CC3)c21. The third kappa shape index (κ3) is 1.26. The predicted molar refractivity (Wildman–Crippen MR) is 82.2 cm³/mol. The minimum atomic E-state index is 0.720. The zero-order valence-electron chi connectivity index (χ0n) is 11.1. The Labute approximate surface area is 116 Å². The molecule has 2 aromatic heterocycles. The molecule has 2 aromatic carbocycles. The fraction of sp³-hybridized carbons (Fsp3) is 0.167. The van der Waals surface area contributed by atoms with E-state index in [9.17, 15) is 0 Å². The smallest absolute Gasteiger partial charge is 0.0773 e. The normalized spacial score (nSPS) is 15.4. The lowest BCUT2D eigenvalue weighted by Crippen LogP contribution is -1.92. The first-order valence-corrected chi connectivity index (χ1v) is 7.20. The van der Waals surface area contributed by atoms with Crippen molar-refractivity contribution in [1.29, 1.82) is 0 Å². The fourth-order valence-corrected chi connectivity index (χ4v) is 3.36. The van der Waals surface area contributed by atoms with Gasteiger partial charge in [0.15, 0.2) is 0 Å². The van der Waals surface area contributed by atoms with Gasteiger partial charge in [-0.25, -0.2) is 4.52 Å². The highest BCUT2D eigenvalue weighted by atomic mass is 15.2. The molecule has 1 fully saturated rings. The largest absolute Gasteiger partial charge is 0.232 e. The molecule has 0 amide bonds. The van der Waals surface area contributed by atoms with E-state index < -0.39 is 0 Å². The fourth-order valence-electron chi connectivity index (χ4n) is 3.36. The second kappa shape index (κ2) is 3.60. The summed E-state index contributed by atoms with van der Waals surface area (Å²) in [5.74, 6) is 0.720. The van der Waals surface area contributed by atoms with Gasteiger partial charge in [0.05, 0.1) is 17.2 Å². The molecule has 1 aliphatic rings. The summed E-state index contributed by atoms with van der Waals surface area (Å²) < 4.78 is 2.13. The predicted octanol–water partition coefficient (Wildman–Crippen LogP) is 4.52. The minimum Gasteiger partial charge on any atom is -0.232 e. The van der Waals surface area contributed by atoms with Crippen molar-refractivity contribution in [3.8, 4) is 0 Å². The van der Waals surface area contributed by atoms with Gasteiger partial charge in [-0.1, -0.05) is 42.5 Å². The number of para-hydroxylation sites is 1. The van der Waals surface area contributed by atoms with Crippen LogP contribution in [0.2, 0.25) is 0 Å². The summed E-state index contributed by atoms with van der Waals surface area (Å²) in [6, 6.07) is 17.2. The van der Waals surface area contributed by atoms with Crippen molar-refractivity contribution in [2.75, 3.05) is 0 Å². The van der Waals surface area contributed by atoms with Gasteiger partial charge in [0, 0.05) is 16.2 Å². The van der Waals surface area contributed by atoms with Gasteiger partial charge in [-0.15, -0.1) is 0 Å². The number of hydrogen-bond acceptors (Lipinski definition) is 1. The summed E-state index contributed by atoms with van der Waals surface area (Å²) in [7, 11) is 0. The number of fused-ring (bicyclic) bond motifs is 5. The monoisotopic (exact) mass is 258 g/mol. The molecule has 2 nitrogen and oxygen atoms in total. The van der Waals surface area contributed by atoms with Crippen LogP contribution in [-0.4, -0.2) is 9.61 Å². The van der Waals surface area contributed by atoms with Crippen LogP contribution in [0.5, 0.6) is 0 Å². The summed E-state index contributed by atoms with van der Waals surface area (Å²) in [5.41, 5.74) is 4.05. The molecule has 5 rings (SSSR count). The van der Waals surface area contributed by atoms with Crippen molar-refractivity contribution in [2.24, 2.45) is 0 Å². The molecular formula is C18H14N2. The molecule has 0 unspecified atom stereocenters. The van der Waals surface area contributed by atoms with Crippen molar-refractivity contribution >= 4 is 27.2 Å². The highest BCUT2D eigenvalue weighted by Crippen LogP contribution is 2.47. The van der Waals surface area contributed by atoms with E-state index in [4.69, 9.17) is 0 Å². The first kappa shape index (κ1) is 10.4. The van der Waals surface area contributed by atoms with Crippen LogP contribution in [0.3, 0.4) is 0 Å². The maximum absolute atomic E-state index is 4.69. The Kier molecular flexibility index (Phi) is 1.88. The van der Waals surface area contributed by atoms with Crippen LogP contribution in [0.15, 0.2) is 54.7 Å². The molecule has 0 bridgehead atoms. The van der Waals surface area contributed by atoms with Gasteiger partial charge < -0.3 is 0 Å². The molecule has 2 heteroatoms. The highest BCUT2D eigenvalue weighted by Gasteiger charge is 2.30. The first-order chi connectivity index (χ1) is 9.93. The Morgan fingerprint density at radius 2 is 1.65 bits per heavy atom. The van der Waals surface area contributed by atoms with Crippen molar-refractivity contribution in [1.82, 2.24) is 9.61 Å². The standard InChI is InChI=1S/C18H14N2/c1-2-6-14-13(5-1)11-19-20-16-8-4-3-7-15(16)17(18(14)20)12-9-10-12/h1-8,11-12H,9-10H2. The van der Waals surface area contributed by atoms with Crippen LogP contribution in [0.1, 0.15) is 24.3 Å². The van der Waals surface area contributed by atoms with Gasteiger partial charge in [-0.2, -0.15) is 5.10 Å². The van der Waals surface area contributed by atoms with Crippen LogP contribution < -0.4 is 0 Å². The van der Waals surface area contributed by atoms with Gasteiger partial charge in [0.25, 0.3) is 0 Å². The lowest BCUT2D eigenvalue weighted by molar-refractivity contribution is 0.980. The zero-order valence-corrected chi connectivity index (χ0v) is 11.1. The van der Waals surface area contributed by atoms with Gasteiger partial charge in [-0.3, -0.25) is 0 Å². The van der Waals surface area contributed by atoms with Gasteiger partial charge >= 0.3 is 0 Å². The molecule has 0 saturated heterocycles. The van der Waals surface area contributed by atoms with Crippen LogP contribution in [0.25, 0.3) is 27.2 Å². The second-order valence-electron chi connectivity index (χ2n) is 5.70. The van der Waals surface area contributed by atoms with E-state index in [0.29, 0.717) is 0 Å². The summed E-state index contributed by atoms with van der Waals surface area (Å²) in [6.07, 6.45) is 4.60. The van der Waals surface area contributed by atoms with E-state index in [1.165, 1.54) is 45.6 Å². The van der Waals surface area contributed by atoms with E-state index in [2.05, 4.69) is 58.1 Å². The molecule has 0 radical (unpaired) electrons. The molecule has 1 aliphatic carbocycles. The second-order valence-corrected chi connectivity index (χ2v) is 5.70. The molecule has 1 saturated carbocycles. The van der Waals surface area contributed by atoms with Crippen LogP contribution in [-0.2, 0) is 0 Å². The van der Waals surface area contributed by atoms with Gasteiger partial charge in [0.1, 0.15) is 0 Å². The van der Waals surface area contributed by atoms with E-state index in [-0.39, 0.29) is 0 Å². The first-order valence-electron chi connectivity index (χ1n) is 7.20. The van der Waals surface area contributed by atoms with Crippen LogP contribution in [0.4, 0.5) is 0 Å². The molecule has 4 aromatic rings. The zero-order chi connectivity index (χ0) is 13.1. The molecule has 2 heterocycles. The Morgan fingerprint density at radius 1 is 0.900 bits per heavy atom. The highest BCUT2D eigenvalue weighted by molar-refractivity contribution is 6.05. The Hall–Kier alpha value is -2.35. The molecule has 0 N–H and O–H groups in total. The molecule has 0 spiro atoms. The molecule has 0 aliphatic heterocycles. The van der Waals surface area contributed by atoms with E-state index in [1.807, 2.05) is 6.20 Å². The molecule has 0 atom stereocenters. The molecule has 96 valence electrons. The Morgan fingerprint density at radius 3 is 2.50 bits per heavy atom. The quantitative estimate of drug-likeness (QED) is 0.490. The summed E-state index contributed by atoms with van der Waals surface area (Å²) in [4.78, 5) is 0. The third-order valence-electron chi connectivity index (χ3n) is 4.40. The lowest BCUT2D eigenvalue weighted by atomic mass is 10.0. The molecular weight excluding hydrogens is 244 g/mol. The number of rotatable bonds is 1. The molecule has 20 heavy (non-hydrogen) atoms. The number of benzene rings is 2. The number of aromatic nitrogens is 2. The summed E-state index contributed by atoms with van der Waals surface area (Å²) in [5, 5.41) is 8.61. The number of nitrogens with zero attached hydrogens (tertiary/aromatic N) is 2. The topological polar surface area (TPSA) is 17.3 Å². The summed E-state index contributed by atoms with van der Waals surface area (Å²) >= 11 is 0. The third-order valence-corrected chi connectivity index (χ3v) is 4.40. The average Bonchev–Trinajstić information content (AvgIpc) is 3.28. The van der Waals surface area contributed by atoms with E-state index >= 15 is 0 Å². The number of hydrogen-bond donors (Lipinski definition) is 0. The maximum atomic E-state index is 4.69. The van der Waals surface area contributed by atoms with Crippen molar-refractivity contribution in [3.63, 3.8) is 0 Å². The van der Waals surface area contributed by atoms with E-state index in [0.717, 1.165) is 5.92 Å². The maximum Gasteiger partial charge on any atom is 0.0773 e. The van der Waals surface area contributed by atoms with Gasteiger partial charge in [0.2, 0.25) is 0 Å². The van der Waals surface area contributed by atoms with E-state index in [1.54, 1.807) is 0 Å². The van der Waals surface area contributed by atoms with Crippen LogP contribution in [0, 0.1) is 0 Å². The van der Waals surface area contributed by atoms with Gasteiger partial charge in [-0.05, 0) is 30.4 Å². The van der Waals surface area contributed by atoms with Crippen molar-refractivity contribution < 1.29 is 0 Å². The van der Waals surface area contributed by atoms with Crippen molar-refractivity contribution in [3.05, 3.63) is 60.3 Å².